The molecule has 0 aromatic heterocycles. The molecule has 1 saturated carbocycles. The first-order valence-electron chi connectivity index (χ1n) is 14.4. The number of carbonyl (C=O) groups is 2. The zero-order valence-corrected chi connectivity index (χ0v) is 22.2. The summed E-state index contributed by atoms with van der Waals surface area (Å²) < 4.78 is 11.2. The summed E-state index contributed by atoms with van der Waals surface area (Å²) in [5.74, 6) is -0.837. The fourth-order valence-electron chi connectivity index (χ4n) is 5.10. The highest BCUT2D eigenvalue weighted by Crippen LogP contribution is 2.36. The molecule has 0 spiro atoms. The summed E-state index contributed by atoms with van der Waals surface area (Å²) in [5, 5.41) is 0. The number of esters is 2. The minimum Gasteiger partial charge on any atom is -0.465 e. The van der Waals surface area contributed by atoms with Crippen molar-refractivity contribution in [2.24, 2.45) is 17.8 Å². The van der Waals surface area contributed by atoms with Crippen LogP contribution in [0.15, 0.2) is 0 Å². The lowest BCUT2D eigenvalue weighted by Crippen LogP contribution is -2.39. The summed E-state index contributed by atoms with van der Waals surface area (Å²) in [6, 6.07) is 0. The van der Waals surface area contributed by atoms with Crippen molar-refractivity contribution in [2.45, 2.75) is 143 Å². The molecule has 194 valence electrons. The minimum atomic E-state index is -0.334. The third-order valence-corrected chi connectivity index (χ3v) is 7.28. The zero-order chi connectivity index (χ0) is 24.2. The van der Waals surface area contributed by atoms with Crippen LogP contribution in [0, 0.1) is 17.8 Å². The molecular weight excluding hydrogens is 412 g/mol. The highest BCUT2D eigenvalue weighted by atomic mass is 16.5. The number of rotatable bonds is 20. The summed E-state index contributed by atoms with van der Waals surface area (Å²) in [6.07, 6.45) is 22.3. The van der Waals surface area contributed by atoms with E-state index in [1.807, 2.05) is 0 Å². The van der Waals surface area contributed by atoms with Gasteiger partial charge in [0.1, 0.15) is 0 Å². The molecular formula is C29H54O4. The largest absolute Gasteiger partial charge is 0.465 e. The average Bonchev–Trinajstić information content (AvgIpc) is 2.81. The Morgan fingerprint density at radius 1 is 0.606 bits per heavy atom. The Morgan fingerprint density at radius 2 is 1.03 bits per heavy atom. The van der Waals surface area contributed by atoms with E-state index in [-0.39, 0.29) is 29.7 Å². The smallest absolute Gasteiger partial charge is 0.310 e. The Bertz CT molecular complexity index is 490. The first-order valence-corrected chi connectivity index (χ1v) is 14.4. The molecule has 33 heavy (non-hydrogen) atoms. The Morgan fingerprint density at radius 3 is 1.52 bits per heavy atom. The molecule has 4 heteroatoms. The fraction of sp³-hybridized carbons (Fsp3) is 0.931. The second-order valence-corrected chi connectivity index (χ2v) is 10.3. The molecule has 0 N–H and O–H groups in total. The van der Waals surface area contributed by atoms with Gasteiger partial charge >= 0.3 is 11.9 Å². The van der Waals surface area contributed by atoms with E-state index in [4.69, 9.17) is 9.47 Å². The Labute approximate surface area is 205 Å². The van der Waals surface area contributed by atoms with Crippen molar-refractivity contribution in [3.05, 3.63) is 0 Å². The third kappa shape index (κ3) is 14.1. The molecule has 1 rings (SSSR count). The lowest BCUT2D eigenvalue weighted by Gasteiger charge is -2.33. The first kappa shape index (κ1) is 30.0. The van der Waals surface area contributed by atoms with Gasteiger partial charge in [-0.15, -0.1) is 0 Å². The fourth-order valence-corrected chi connectivity index (χ4v) is 5.10. The number of hydrogen-bond acceptors (Lipinski definition) is 4. The Hall–Kier alpha value is -1.06. The van der Waals surface area contributed by atoms with Crippen LogP contribution in [-0.4, -0.2) is 25.2 Å². The maximum Gasteiger partial charge on any atom is 0.310 e. The van der Waals surface area contributed by atoms with Crippen LogP contribution < -0.4 is 0 Å². The van der Waals surface area contributed by atoms with E-state index >= 15 is 0 Å². The van der Waals surface area contributed by atoms with Gasteiger partial charge < -0.3 is 9.47 Å². The maximum atomic E-state index is 12.8. The summed E-state index contributed by atoms with van der Waals surface area (Å²) in [5.41, 5.74) is 0. The molecule has 3 atom stereocenters. The van der Waals surface area contributed by atoms with Gasteiger partial charge in [0.05, 0.1) is 25.0 Å². The Kier molecular flexibility index (Phi) is 18.5. The van der Waals surface area contributed by atoms with Gasteiger partial charge in [0, 0.05) is 0 Å². The van der Waals surface area contributed by atoms with Gasteiger partial charge in [0.2, 0.25) is 0 Å². The number of ether oxygens (including phenoxy) is 2. The van der Waals surface area contributed by atoms with Gasteiger partial charge in [-0.1, -0.05) is 117 Å². The molecule has 1 aliphatic rings. The van der Waals surface area contributed by atoms with Gasteiger partial charge in [0.25, 0.3) is 0 Å². The van der Waals surface area contributed by atoms with Crippen LogP contribution in [-0.2, 0) is 19.1 Å². The monoisotopic (exact) mass is 466 g/mol. The molecule has 0 radical (unpaired) electrons. The number of carbonyl (C=O) groups excluding carboxylic acids is 2. The predicted octanol–water partition coefficient (Wildman–Crippen LogP) is 8.41. The van der Waals surface area contributed by atoms with Gasteiger partial charge in [-0.25, -0.2) is 0 Å². The molecule has 0 aromatic carbocycles. The topological polar surface area (TPSA) is 52.6 Å². The molecule has 1 fully saturated rings. The second kappa shape index (κ2) is 20.3. The van der Waals surface area contributed by atoms with E-state index in [0.29, 0.717) is 13.2 Å². The minimum absolute atomic E-state index is 0.181. The summed E-state index contributed by atoms with van der Waals surface area (Å²) >= 11 is 0. The van der Waals surface area contributed by atoms with Crippen LogP contribution in [0.3, 0.4) is 0 Å². The van der Waals surface area contributed by atoms with Crippen molar-refractivity contribution >= 4 is 11.9 Å². The number of hydrogen-bond donors (Lipinski definition) is 0. The highest BCUT2D eigenvalue weighted by molar-refractivity contribution is 5.82. The van der Waals surface area contributed by atoms with Crippen molar-refractivity contribution in [1.82, 2.24) is 0 Å². The normalized spacial score (nSPS) is 20.5. The number of unbranched alkanes of at least 4 members (excludes halogenated alkanes) is 14. The lowest BCUT2D eigenvalue weighted by molar-refractivity contribution is -0.165. The van der Waals surface area contributed by atoms with Gasteiger partial charge in [-0.2, -0.15) is 0 Å². The van der Waals surface area contributed by atoms with E-state index < -0.39 is 0 Å². The molecule has 4 nitrogen and oxygen atoms in total. The van der Waals surface area contributed by atoms with Crippen molar-refractivity contribution < 1.29 is 19.1 Å². The molecule has 0 heterocycles. The van der Waals surface area contributed by atoms with E-state index in [0.717, 1.165) is 44.9 Å². The van der Waals surface area contributed by atoms with E-state index in [2.05, 4.69) is 20.8 Å². The molecule has 0 aromatic rings. The lowest BCUT2D eigenvalue weighted by atomic mass is 9.73. The summed E-state index contributed by atoms with van der Waals surface area (Å²) in [7, 11) is 0. The first-order chi connectivity index (χ1) is 16.1. The van der Waals surface area contributed by atoms with Gasteiger partial charge in [-0.05, 0) is 31.6 Å². The van der Waals surface area contributed by atoms with Crippen LogP contribution in [0.2, 0.25) is 0 Å². The maximum absolute atomic E-state index is 12.8. The van der Waals surface area contributed by atoms with E-state index in [1.54, 1.807) is 0 Å². The van der Waals surface area contributed by atoms with Crippen molar-refractivity contribution in [3.63, 3.8) is 0 Å². The van der Waals surface area contributed by atoms with E-state index in [9.17, 15) is 9.59 Å². The SMILES string of the molecule is CCCCCCCCCCOC(=O)C1CCCC(C)C1C(=O)OCCCCCCCCCC. The molecule has 0 saturated heterocycles. The van der Waals surface area contributed by atoms with Crippen molar-refractivity contribution in [2.75, 3.05) is 13.2 Å². The summed E-state index contributed by atoms with van der Waals surface area (Å²) in [6.45, 7) is 7.53. The van der Waals surface area contributed by atoms with Crippen LogP contribution in [0.5, 0.6) is 0 Å². The van der Waals surface area contributed by atoms with Crippen molar-refractivity contribution in [3.8, 4) is 0 Å². The van der Waals surface area contributed by atoms with Gasteiger partial charge in [0.15, 0.2) is 0 Å². The van der Waals surface area contributed by atoms with Crippen LogP contribution in [0.1, 0.15) is 143 Å². The highest BCUT2D eigenvalue weighted by Gasteiger charge is 2.41. The third-order valence-electron chi connectivity index (χ3n) is 7.28. The van der Waals surface area contributed by atoms with Gasteiger partial charge in [-0.3, -0.25) is 9.59 Å². The van der Waals surface area contributed by atoms with Crippen LogP contribution in [0.4, 0.5) is 0 Å². The van der Waals surface area contributed by atoms with Crippen LogP contribution >= 0.6 is 0 Å². The predicted molar refractivity (Wildman–Crippen MR) is 137 cm³/mol. The molecule has 0 aliphatic heterocycles. The van der Waals surface area contributed by atoms with E-state index in [1.165, 1.54) is 77.0 Å². The summed E-state index contributed by atoms with van der Waals surface area (Å²) in [4.78, 5) is 25.6. The Balaban J connectivity index is 2.23. The quantitative estimate of drug-likeness (QED) is 0.133. The molecule has 3 unspecified atom stereocenters. The second-order valence-electron chi connectivity index (χ2n) is 10.3. The van der Waals surface area contributed by atoms with Crippen molar-refractivity contribution in [1.29, 1.82) is 0 Å². The van der Waals surface area contributed by atoms with Crippen LogP contribution in [0.25, 0.3) is 0 Å². The molecule has 0 bridgehead atoms. The molecule has 0 amide bonds. The average molecular weight is 467 g/mol. The zero-order valence-electron chi connectivity index (χ0n) is 22.2. The molecule has 1 aliphatic carbocycles. The standard InChI is InChI=1S/C29H54O4/c1-4-6-8-10-12-14-16-18-23-32-28(30)26-22-20-21-25(3)27(26)29(31)33-24-19-17-15-13-11-9-7-5-2/h25-27H,4-24H2,1-3H3.